The zero-order valence-corrected chi connectivity index (χ0v) is 15.0. The van der Waals surface area contributed by atoms with Crippen LogP contribution >= 0.6 is 0 Å². The summed E-state index contributed by atoms with van der Waals surface area (Å²) in [7, 11) is -3.88. The Labute approximate surface area is 152 Å². The fraction of sp³-hybridized carbons (Fsp3) is 0.167. The minimum Gasteiger partial charge on any atom is -0.376 e. The maximum atomic E-state index is 12.6. The van der Waals surface area contributed by atoms with Gasteiger partial charge in [-0.2, -0.15) is 21.6 Å². The average Bonchev–Trinajstić information content (AvgIpc) is 2.86. The number of hydrogen-bond donors (Lipinski definition) is 0. The molecule has 0 saturated carbocycles. The van der Waals surface area contributed by atoms with Gasteiger partial charge in [0.2, 0.25) is 0 Å². The van der Waals surface area contributed by atoms with Crippen LogP contribution in [0.1, 0.15) is 5.56 Å². The first-order chi connectivity index (χ1) is 12.6. The van der Waals surface area contributed by atoms with Crippen LogP contribution in [0.3, 0.4) is 0 Å². The largest absolute Gasteiger partial charge is 0.534 e. The highest BCUT2D eigenvalue weighted by Crippen LogP contribution is 2.37. The fourth-order valence-electron chi connectivity index (χ4n) is 3.42. The molecule has 2 heterocycles. The van der Waals surface area contributed by atoms with E-state index in [1.54, 1.807) is 18.5 Å². The molecule has 0 saturated heterocycles. The van der Waals surface area contributed by atoms with Crippen LogP contribution in [0.4, 0.5) is 13.2 Å². The van der Waals surface area contributed by atoms with Crippen molar-refractivity contribution in [3.63, 3.8) is 0 Å². The maximum absolute atomic E-state index is 12.6. The third-order valence-electron chi connectivity index (χ3n) is 4.61. The van der Waals surface area contributed by atoms with Gasteiger partial charge in [-0.1, -0.05) is 0 Å². The van der Waals surface area contributed by atoms with Crippen LogP contribution in [0.2, 0.25) is 0 Å². The molecule has 0 aliphatic carbocycles. The average molecular weight is 394 g/mol. The summed E-state index contributed by atoms with van der Waals surface area (Å²) in [4.78, 5) is 4.10. The van der Waals surface area contributed by atoms with Crippen LogP contribution in [0.5, 0.6) is 5.75 Å². The number of alkyl halides is 3. The summed E-state index contributed by atoms with van der Waals surface area (Å²) in [6.07, 6.45) is 3.40. The third-order valence-corrected chi connectivity index (χ3v) is 5.59. The first-order valence-electron chi connectivity index (χ1n) is 7.86. The van der Waals surface area contributed by atoms with Crippen molar-refractivity contribution in [3.8, 4) is 5.75 Å². The number of aryl methyl sites for hydroxylation is 2. The molecular formula is C18H13F3N2O3S. The van der Waals surface area contributed by atoms with Gasteiger partial charge in [-0.15, -0.1) is 0 Å². The van der Waals surface area contributed by atoms with Crippen LogP contribution in [-0.2, 0) is 17.2 Å². The van der Waals surface area contributed by atoms with Gasteiger partial charge >= 0.3 is 15.6 Å². The molecule has 0 atom stereocenters. The predicted molar refractivity (Wildman–Crippen MR) is 96.1 cm³/mol. The molecular weight excluding hydrogens is 381 g/mol. The van der Waals surface area contributed by atoms with Crippen LogP contribution < -0.4 is 4.18 Å². The number of pyridine rings is 1. The standard InChI is InChI=1S/C18H13F3N2O3S/c1-10-13-5-6-22-9-11(13)7-15-14-8-12(26-27(24,25)18(19,20)21)3-4-16(14)23(2)17(10)15/h3-9H,1-2H3. The van der Waals surface area contributed by atoms with E-state index in [0.717, 1.165) is 32.8 Å². The molecule has 27 heavy (non-hydrogen) atoms. The highest BCUT2D eigenvalue weighted by atomic mass is 32.2. The van der Waals surface area contributed by atoms with Crippen LogP contribution in [0, 0.1) is 6.92 Å². The predicted octanol–water partition coefficient (Wildman–Crippen LogP) is 4.42. The van der Waals surface area contributed by atoms with Crippen molar-refractivity contribution in [2.24, 2.45) is 7.05 Å². The minimum absolute atomic E-state index is 0.392. The molecule has 0 radical (unpaired) electrons. The van der Waals surface area contributed by atoms with Gasteiger partial charge in [0, 0.05) is 41.1 Å². The van der Waals surface area contributed by atoms with E-state index in [4.69, 9.17) is 0 Å². The van der Waals surface area contributed by atoms with Crippen molar-refractivity contribution >= 4 is 42.7 Å². The number of benzene rings is 2. The molecule has 0 spiro atoms. The van der Waals surface area contributed by atoms with Crippen molar-refractivity contribution < 1.29 is 25.8 Å². The smallest absolute Gasteiger partial charge is 0.376 e. The molecule has 0 N–H and O–H groups in total. The van der Waals surface area contributed by atoms with Gasteiger partial charge in [0.05, 0.1) is 5.52 Å². The molecule has 0 unspecified atom stereocenters. The lowest BCUT2D eigenvalue weighted by Gasteiger charge is -2.09. The molecule has 0 bridgehead atoms. The summed E-state index contributed by atoms with van der Waals surface area (Å²) in [6, 6.07) is 7.84. The Morgan fingerprint density at radius 2 is 1.81 bits per heavy atom. The van der Waals surface area contributed by atoms with Crippen molar-refractivity contribution in [3.05, 3.63) is 48.3 Å². The number of halogens is 3. The number of nitrogens with zero attached hydrogens (tertiary/aromatic N) is 2. The minimum atomic E-state index is -5.73. The highest BCUT2D eigenvalue weighted by molar-refractivity contribution is 7.88. The first kappa shape index (κ1) is 17.6. The van der Waals surface area contributed by atoms with Crippen molar-refractivity contribution in [1.82, 2.24) is 9.55 Å². The Morgan fingerprint density at radius 1 is 1.07 bits per heavy atom. The Bertz CT molecular complexity index is 1320. The summed E-state index contributed by atoms with van der Waals surface area (Å²) in [5, 5.41) is 3.26. The van der Waals surface area contributed by atoms with E-state index in [2.05, 4.69) is 9.17 Å². The summed E-state index contributed by atoms with van der Waals surface area (Å²) < 4.78 is 66.6. The van der Waals surface area contributed by atoms with E-state index in [-0.39, 0.29) is 0 Å². The Morgan fingerprint density at radius 3 is 2.52 bits per heavy atom. The van der Waals surface area contributed by atoms with Gasteiger partial charge < -0.3 is 8.75 Å². The maximum Gasteiger partial charge on any atom is 0.534 e. The molecule has 2 aromatic heterocycles. The summed E-state index contributed by atoms with van der Waals surface area (Å²) in [6.45, 7) is 1.95. The Hall–Kier alpha value is -2.81. The molecule has 4 rings (SSSR count). The van der Waals surface area contributed by atoms with Gasteiger partial charge in [-0.05, 0) is 48.2 Å². The number of fused-ring (bicyclic) bond motifs is 4. The molecule has 0 fully saturated rings. The van der Waals surface area contributed by atoms with Gasteiger partial charge in [0.15, 0.2) is 0 Å². The van der Waals surface area contributed by atoms with Crippen LogP contribution in [-0.4, -0.2) is 23.5 Å². The van der Waals surface area contributed by atoms with Crippen LogP contribution in [0.15, 0.2) is 42.7 Å². The Balaban J connectivity index is 2.00. The zero-order valence-electron chi connectivity index (χ0n) is 14.2. The number of aromatic nitrogens is 2. The topological polar surface area (TPSA) is 61.2 Å². The van der Waals surface area contributed by atoms with E-state index in [1.807, 2.05) is 30.7 Å². The summed E-state index contributed by atoms with van der Waals surface area (Å²) in [5.41, 5.74) is -2.85. The monoisotopic (exact) mass is 394 g/mol. The highest BCUT2D eigenvalue weighted by Gasteiger charge is 2.48. The quantitative estimate of drug-likeness (QED) is 0.373. The first-order valence-corrected chi connectivity index (χ1v) is 9.27. The molecule has 0 amide bonds. The summed E-state index contributed by atoms with van der Waals surface area (Å²) in [5.74, 6) is -0.392. The lowest BCUT2D eigenvalue weighted by Crippen LogP contribution is -2.28. The second kappa shape index (κ2) is 5.59. The molecule has 2 aromatic carbocycles. The lowest BCUT2D eigenvalue weighted by atomic mass is 10.0. The number of rotatable bonds is 2. The molecule has 4 aromatic rings. The second-order valence-electron chi connectivity index (χ2n) is 6.22. The van der Waals surface area contributed by atoms with Crippen LogP contribution in [0.25, 0.3) is 32.6 Å². The van der Waals surface area contributed by atoms with Gasteiger partial charge in [0.1, 0.15) is 5.75 Å². The van der Waals surface area contributed by atoms with E-state index < -0.39 is 21.4 Å². The van der Waals surface area contributed by atoms with Gasteiger partial charge in [-0.25, -0.2) is 0 Å². The SMILES string of the molecule is Cc1c2ccncc2cc2c3cc(OS(=O)(=O)C(F)(F)F)ccc3n(C)c12. The second-order valence-corrected chi connectivity index (χ2v) is 7.75. The molecule has 0 aliphatic heterocycles. The van der Waals surface area contributed by atoms with Crippen molar-refractivity contribution in [2.45, 2.75) is 12.4 Å². The summed E-state index contributed by atoms with van der Waals surface area (Å²) >= 11 is 0. The molecule has 0 aliphatic rings. The van der Waals surface area contributed by atoms with E-state index >= 15 is 0 Å². The van der Waals surface area contributed by atoms with Crippen molar-refractivity contribution in [1.29, 1.82) is 0 Å². The van der Waals surface area contributed by atoms with Gasteiger partial charge in [0.25, 0.3) is 0 Å². The zero-order chi connectivity index (χ0) is 19.6. The normalized spacial score (nSPS) is 12.9. The lowest BCUT2D eigenvalue weighted by molar-refractivity contribution is -0.0500. The van der Waals surface area contributed by atoms with E-state index in [1.165, 1.54) is 12.1 Å². The number of hydrogen-bond acceptors (Lipinski definition) is 4. The molecule has 140 valence electrons. The van der Waals surface area contributed by atoms with E-state index in [0.29, 0.717) is 5.39 Å². The fourth-order valence-corrected chi connectivity index (χ4v) is 3.88. The third kappa shape index (κ3) is 2.61. The van der Waals surface area contributed by atoms with E-state index in [9.17, 15) is 21.6 Å². The Kier molecular flexibility index (Phi) is 3.64. The van der Waals surface area contributed by atoms with Gasteiger partial charge in [-0.3, -0.25) is 4.98 Å². The molecule has 5 nitrogen and oxygen atoms in total. The molecule has 9 heteroatoms. The van der Waals surface area contributed by atoms with Crippen molar-refractivity contribution in [2.75, 3.05) is 0 Å².